The number of hydrogen-bond donors (Lipinski definition) is 2. The van der Waals surface area contributed by atoms with Crippen LogP contribution in [0.5, 0.6) is 11.5 Å². The number of hydrogen-bond acceptors (Lipinski definition) is 5. The van der Waals surface area contributed by atoms with Crippen molar-refractivity contribution >= 4 is 17.5 Å². The first kappa shape index (κ1) is 21.4. The van der Waals surface area contributed by atoms with Crippen LogP contribution in [-0.2, 0) is 13.1 Å². The molecule has 0 radical (unpaired) electrons. The van der Waals surface area contributed by atoms with Gasteiger partial charge in [0.2, 0.25) is 0 Å². The molecule has 0 aliphatic carbocycles. The lowest BCUT2D eigenvalue weighted by Gasteiger charge is -2.29. The molecule has 0 unspecified atom stereocenters. The minimum atomic E-state index is -0.233. The van der Waals surface area contributed by atoms with Crippen LogP contribution in [0.3, 0.4) is 0 Å². The van der Waals surface area contributed by atoms with Crippen molar-refractivity contribution in [2.45, 2.75) is 32.0 Å². The summed E-state index contributed by atoms with van der Waals surface area (Å²) in [5.41, 5.74) is 2.66. The van der Waals surface area contributed by atoms with Crippen LogP contribution in [0.4, 0.5) is 0 Å². The SMILES string of the molecule is COc1cc(C(=O)NCc2ccc(CN3CCC(O)CC3)cc2)cc(Cl)c1OC. The number of methoxy groups -OCH3 is 2. The van der Waals surface area contributed by atoms with E-state index in [4.69, 9.17) is 21.1 Å². The van der Waals surface area contributed by atoms with Gasteiger partial charge in [-0.2, -0.15) is 0 Å². The van der Waals surface area contributed by atoms with Crippen LogP contribution in [0, 0.1) is 0 Å². The highest BCUT2D eigenvalue weighted by atomic mass is 35.5. The largest absolute Gasteiger partial charge is 0.493 e. The molecule has 3 rings (SSSR count). The van der Waals surface area contributed by atoms with Crippen molar-refractivity contribution in [3.63, 3.8) is 0 Å². The van der Waals surface area contributed by atoms with Crippen LogP contribution in [0.1, 0.15) is 34.3 Å². The van der Waals surface area contributed by atoms with E-state index >= 15 is 0 Å². The number of carbonyl (C=O) groups is 1. The lowest BCUT2D eigenvalue weighted by Crippen LogP contribution is -2.35. The van der Waals surface area contributed by atoms with Crippen molar-refractivity contribution in [2.24, 2.45) is 0 Å². The average molecular weight is 419 g/mol. The Labute approximate surface area is 176 Å². The third-order valence-corrected chi connectivity index (χ3v) is 5.42. The summed E-state index contributed by atoms with van der Waals surface area (Å²) >= 11 is 6.18. The molecule has 1 heterocycles. The highest BCUT2D eigenvalue weighted by Gasteiger charge is 2.17. The minimum Gasteiger partial charge on any atom is -0.493 e. The molecule has 6 nitrogen and oxygen atoms in total. The van der Waals surface area contributed by atoms with Crippen LogP contribution in [-0.4, -0.2) is 49.3 Å². The molecule has 29 heavy (non-hydrogen) atoms. The summed E-state index contributed by atoms with van der Waals surface area (Å²) in [7, 11) is 3.01. The van der Waals surface area contributed by atoms with E-state index in [0.29, 0.717) is 28.6 Å². The van der Waals surface area contributed by atoms with Gasteiger partial charge >= 0.3 is 0 Å². The summed E-state index contributed by atoms with van der Waals surface area (Å²) in [5.74, 6) is 0.591. The van der Waals surface area contributed by atoms with Crippen molar-refractivity contribution in [3.8, 4) is 11.5 Å². The lowest BCUT2D eigenvalue weighted by molar-refractivity contribution is 0.0792. The molecule has 7 heteroatoms. The number of amides is 1. The molecule has 0 saturated carbocycles. The highest BCUT2D eigenvalue weighted by molar-refractivity contribution is 6.32. The fraction of sp³-hybridized carbons (Fsp3) is 0.409. The molecule has 0 atom stereocenters. The standard InChI is InChI=1S/C22H27ClN2O4/c1-28-20-12-17(11-19(23)21(20)29-2)22(27)24-13-15-3-5-16(6-4-15)14-25-9-7-18(26)8-10-25/h3-6,11-12,18,26H,7-10,13-14H2,1-2H3,(H,24,27). The molecule has 2 aromatic carbocycles. The highest BCUT2D eigenvalue weighted by Crippen LogP contribution is 2.36. The van der Waals surface area contributed by atoms with Gasteiger partial charge < -0.3 is 19.9 Å². The number of benzene rings is 2. The second kappa shape index (κ2) is 9.96. The molecule has 1 amide bonds. The number of piperidine rings is 1. The molecule has 1 fully saturated rings. The van der Waals surface area contributed by atoms with E-state index in [-0.39, 0.29) is 12.0 Å². The predicted molar refractivity (Wildman–Crippen MR) is 113 cm³/mol. The van der Waals surface area contributed by atoms with Crippen LogP contribution >= 0.6 is 11.6 Å². The predicted octanol–water partition coefficient (Wildman–Crippen LogP) is 3.24. The first-order valence-corrected chi connectivity index (χ1v) is 10.1. The zero-order chi connectivity index (χ0) is 20.8. The number of rotatable bonds is 7. The van der Waals surface area contributed by atoms with Gasteiger partial charge in [-0.25, -0.2) is 0 Å². The fourth-order valence-electron chi connectivity index (χ4n) is 3.43. The maximum absolute atomic E-state index is 12.5. The molecule has 2 aromatic rings. The van der Waals surface area contributed by atoms with Crippen molar-refractivity contribution in [1.29, 1.82) is 0 Å². The average Bonchev–Trinajstić information content (AvgIpc) is 2.74. The molecule has 156 valence electrons. The van der Waals surface area contributed by atoms with Gasteiger partial charge in [-0.05, 0) is 36.1 Å². The summed E-state index contributed by atoms with van der Waals surface area (Å²) in [6.07, 6.45) is 1.52. The smallest absolute Gasteiger partial charge is 0.251 e. The monoisotopic (exact) mass is 418 g/mol. The van der Waals surface area contributed by atoms with Gasteiger partial charge in [0.05, 0.1) is 25.3 Å². The van der Waals surface area contributed by atoms with Crippen molar-refractivity contribution in [3.05, 3.63) is 58.1 Å². The van der Waals surface area contributed by atoms with E-state index in [2.05, 4.69) is 22.3 Å². The third-order valence-electron chi connectivity index (χ3n) is 5.14. The number of nitrogens with one attached hydrogen (secondary N) is 1. The molecule has 1 aliphatic heterocycles. The molecule has 0 bridgehead atoms. The van der Waals surface area contributed by atoms with Gasteiger partial charge in [-0.15, -0.1) is 0 Å². The van der Waals surface area contributed by atoms with E-state index in [1.165, 1.54) is 19.8 Å². The number of carbonyl (C=O) groups excluding carboxylic acids is 1. The van der Waals surface area contributed by atoms with Crippen LogP contribution in [0.2, 0.25) is 5.02 Å². The van der Waals surface area contributed by atoms with Gasteiger partial charge in [-0.1, -0.05) is 35.9 Å². The first-order valence-electron chi connectivity index (χ1n) is 9.68. The Morgan fingerprint density at radius 3 is 2.41 bits per heavy atom. The van der Waals surface area contributed by atoms with Gasteiger partial charge in [0.25, 0.3) is 5.91 Å². The number of nitrogens with zero attached hydrogens (tertiary/aromatic N) is 1. The van der Waals surface area contributed by atoms with Crippen molar-refractivity contribution in [1.82, 2.24) is 10.2 Å². The van der Waals surface area contributed by atoms with Gasteiger partial charge in [-0.3, -0.25) is 9.69 Å². The third kappa shape index (κ3) is 5.63. The quantitative estimate of drug-likeness (QED) is 0.722. The molecule has 1 aliphatic rings. The van der Waals surface area contributed by atoms with E-state index in [1.54, 1.807) is 12.1 Å². The summed E-state index contributed by atoms with van der Waals surface area (Å²) in [5, 5.41) is 12.8. The Balaban J connectivity index is 1.56. The normalized spacial score (nSPS) is 15.2. The Morgan fingerprint density at radius 2 is 1.79 bits per heavy atom. The van der Waals surface area contributed by atoms with Crippen LogP contribution in [0.15, 0.2) is 36.4 Å². The van der Waals surface area contributed by atoms with Crippen LogP contribution in [0.25, 0.3) is 0 Å². The van der Waals surface area contributed by atoms with Crippen LogP contribution < -0.4 is 14.8 Å². The van der Waals surface area contributed by atoms with E-state index in [0.717, 1.165) is 38.0 Å². The van der Waals surface area contributed by atoms with Crippen molar-refractivity contribution < 1.29 is 19.4 Å². The summed E-state index contributed by atoms with van der Waals surface area (Å²) in [6.45, 7) is 3.14. The Bertz CT molecular complexity index is 833. The molecular weight excluding hydrogens is 392 g/mol. The summed E-state index contributed by atoms with van der Waals surface area (Å²) < 4.78 is 10.4. The lowest BCUT2D eigenvalue weighted by atomic mass is 10.1. The minimum absolute atomic E-state index is 0.155. The number of likely N-dealkylation sites (tertiary alicyclic amines) is 1. The Morgan fingerprint density at radius 1 is 1.14 bits per heavy atom. The molecular formula is C22H27ClN2O4. The second-order valence-corrected chi connectivity index (χ2v) is 7.61. The summed E-state index contributed by atoms with van der Waals surface area (Å²) in [6, 6.07) is 11.4. The van der Waals surface area contributed by atoms with E-state index in [1.807, 2.05) is 12.1 Å². The summed E-state index contributed by atoms with van der Waals surface area (Å²) in [4.78, 5) is 14.9. The van der Waals surface area contributed by atoms with Gasteiger partial charge in [0, 0.05) is 31.7 Å². The fourth-order valence-corrected chi connectivity index (χ4v) is 3.72. The number of ether oxygens (including phenoxy) is 2. The van der Waals surface area contributed by atoms with Gasteiger partial charge in [0.1, 0.15) is 0 Å². The molecule has 0 aromatic heterocycles. The maximum atomic E-state index is 12.5. The molecule has 0 spiro atoms. The number of halogens is 1. The number of aliphatic hydroxyl groups excluding tert-OH is 1. The maximum Gasteiger partial charge on any atom is 0.251 e. The first-order chi connectivity index (χ1) is 14.0. The second-order valence-electron chi connectivity index (χ2n) is 7.20. The van der Waals surface area contributed by atoms with E-state index < -0.39 is 0 Å². The molecule has 2 N–H and O–H groups in total. The van der Waals surface area contributed by atoms with Gasteiger partial charge in [0.15, 0.2) is 11.5 Å². The Kier molecular flexibility index (Phi) is 7.36. The number of aliphatic hydroxyl groups is 1. The topological polar surface area (TPSA) is 71.0 Å². The van der Waals surface area contributed by atoms with E-state index in [9.17, 15) is 9.90 Å². The zero-order valence-corrected chi connectivity index (χ0v) is 17.5. The molecule has 1 saturated heterocycles. The Hall–Kier alpha value is -2.28. The zero-order valence-electron chi connectivity index (χ0n) is 16.8. The van der Waals surface area contributed by atoms with Crippen molar-refractivity contribution in [2.75, 3.05) is 27.3 Å².